The zero-order chi connectivity index (χ0) is 12.4. The predicted molar refractivity (Wildman–Crippen MR) is 67.3 cm³/mol. The zero-order valence-electron chi connectivity index (χ0n) is 9.81. The number of hydrogen-bond donors (Lipinski definition) is 1. The lowest BCUT2D eigenvalue weighted by Crippen LogP contribution is -2.10. The number of ether oxygens (including phenoxy) is 1. The predicted octanol–water partition coefficient (Wildman–Crippen LogP) is 3.54. The Morgan fingerprint density at radius 2 is 2.18 bits per heavy atom. The monoisotopic (exact) mass is 254 g/mol. The standard InChI is InChI=1S/C13H15ClO3/c1-8(16-2)5-11(15)13-7-9-6-10(14)3-4-12(9)17-13/h3-4,6-8,11,15H,5H2,1-2H3. The molecule has 0 bridgehead atoms. The summed E-state index contributed by atoms with van der Waals surface area (Å²) in [6.07, 6.45) is -0.165. The van der Waals surface area contributed by atoms with Gasteiger partial charge in [0.15, 0.2) is 0 Å². The summed E-state index contributed by atoms with van der Waals surface area (Å²) in [7, 11) is 1.62. The van der Waals surface area contributed by atoms with E-state index in [1.807, 2.05) is 19.1 Å². The van der Waals surface area contributed by atoms with E-state index in [1.165, 1.54) is 0 Å². The van der Waals surface area contributed by atoms with Gasteiger partial charge in [0.25, 0.3) is 0 Å². The molecule has 2 atom stereocenters. The summed E-state index contributed by atoms with van der Waals surface area (Å²) in [4.78, 5) is 0. The minimum atomic E-state index is -0.656. The van der Waals surface area contributed by atoms with Crippen LogP contribution >= 0.6 is 11.6 Å². The van der Waals surface area contributed by atoms with Crippen molar-refractivity contribution in [2.75, 3.05) is 7.11 Å². The number of methoxy groups -OCH3 is 1. The summed E-state index contributed by atoms with van der Waals surface area (Å²) in [5.41, 5.74) is 0.730. The highest BCUT2D eigenvalue weighted by Crippen LogP contribution is 2.28. The Balaban J connectivity index is 2.24. The summed E-state index contributed by atoms with van der Waals surface area (Å²) in [5, 5.41) is 11.5. The van der Waals surface area contributed by atoms with Gasteiger partial charge in [0.1, 0.15) is 17.4 Å². The maximum atomic E-state index is 9.99. The second-order valence-electron chi connectivity index (χ2n) is 4.13. The number of furan rings is 1. The van der Waals surface area contributed by atoms with Gasteiger partial charge in [0.05, 0.1) is 6.10 Å². The smallest absolute Gasteiger partial charge is 0.134 e. The fourth-order valence-electron chi connectivity index (χ4n) is 1.73. The normalized spacial score (nSPS) is 15.1. The van der Waals surface area contributed by atoms with E-state index in [0.29, 0.717) is 17.2 Å². The largest absolute Gasteiger partial charge is 0.458 e. The van der Waals surface area contributed by atoms with Gasteiger partial charge in [0.2, 0.25) is 0 Å². The molecular weight excluding hydrogens is 240 g/mol. The van der Waals surface area contributed by atoms with E-state index < -0.39 is 6.10 Å². The van der Waals surface area contributed by atoms with Crippen molar-refractivity contribution in [1.29, 1.82) is 0 Å². The molecule has 0 aliphatic carbocycles. The van der Waals surface area contributed by atoms with Crippen molar-refractivity contribution in [3.05, 3.63) is 35.0 Å². The van der Waals surface area contributed by atoms with Crippen molar-refractivity contribution in [1.82, 2.24) is 0 Å². The molecule has 0 saturated carbocycles. The Hall–Kier alpha value is -1.03. The average molecular weight is 255 g/mol. The number of benzene rings is 1. The molecule has 2 aromatic rings. The van der Waals surface area contributed by atoms with Crippen LogP contribution in [-0.2, 0) is 4.74 Å². The molecule has 1 aromatic carbocycles. The van der Waals surface area contributed by atoms with E-state index in [1.54, 1.807) is 19.2 Å². The van der Waals surface area contributed by atoms with Crippen molar-refractivity contribution < 1.29 is 14.3 Å². The second kappa shape index (κ2) is 5.08. The lowest BCUT2D eigenvalue weighted by atomic mass is 10.1. The van der Waals surface area contributed by atoms with Gasteiger partial charge in [-0.1, -0.05) is 11.6 Å². The first-order valence-electron chi connectivity index (χ1n) is 5.50. The number of hydrogen-bond acceptors (Lipinski definition) is 3. The van der Waals surface area contributed by atoms with Crippen molar-refractivity contribution in [2.45, 2.75) is 25.6 Å². The highest BCUT2D eigenvalue weighted by atomic mass is 35.5. The summed E-state index contributed by atoms with van der Waals surface area (Å²) in [6.45, 7) is 1.91. The number of aliphatic hydroxyl groups excluding tert-OH is 1. The molecule has 0 aliphatic rings. The van der Waals surface area contributed by atoms with E-state index in [0.717, 1.165) is 11.0 Å². The van der Waals surface area contributed by atoms with Crippen LogP contribution in [0.4, 0.5) is 0 Å². The first-order valence-corrected chi connectivity index (χ1v) is 5.88. The van der Waals surface area contributed by atoms with Crippen molar-refractivity contribution in [3.63, 3.8) is 0 Å². The molecule has 0 spiro atoms. The van der Waals surface area contributed by atoms with Crippen LogP contribution < -0.4 is 0 Å². The third-order valence-electron chi connectivity index (χ3n) is 2.78. The maximum Gasteiger partial charge on any atom is 0.134 e. The molecule has 1 heterocycles. The van der Waals surface area contributed by atoms with Gasteiger partial charge >= 0.3 is 0 Å². The highest BCUT2D eigenvalue weighted by molar-refractivity contribution is 6.31. The summed E-state index contributed by atoms with van der Waals surface area (Å²) < 4.78 is 10.7. The van der Waals surface area contributed by atoms with Gasteiger partial charge < -0.3 is 14.3 Å². The first kappa shape index (κ1) is 12.4. The third-order valence-corrected chi connectivity index (χ3v) is 3.02. The van der Waals surface area contributed by atoms with Crippen LogP contribution in [-0.4, -0.2) is 18.3 Å². The van der Waals surface area contributed by atoms with Crippen LogP contribution in [0.2, 0.25) is 5.02 Å². The van der Waals surface area contributed by atoms with Gasteiger partial charge in [-0.2, -0.15) is 0 Å². The molecule has 2 rings (SSSR count). The van der Waals surface area contributed by atoms with E-state index >= 15 is 0 Å². The van der Waals surface area contributed by atoms with Crippen LogP contribution in [0.15, 0.2) is 28.7 Å². The lowest BCUT2D eigenvalue weighted by molar-refractivity contribution is 0.0475. The summed E-state index contributed by atoms with van der Waals surface area (Å²) >= 11 is 5.89. The molecule has 1 N–H and O–H groups in total. The molecule has 2 unspecified atom stereocenters. The van der Waals surface area contributed by atoms with E-state index in [-0.39, 0.29) is 6.10 Å². The number of halogens is 1. The first-order chi connectivity index (χ1) is 8.10. The molecule has 4 heteroatoms. The molecule has 0 saturated heterocycles. The number of fused-ring (bicyclic) bond motifs is 1. The van der Waals surface area contributed by atoms with Gasteiger partial charge in [-0.3, -0.25) is 0 Å². The average Bonchev–Trinajstić information content (AvgIpc) is 2.71. The molecule has 92 valence electrons. The molecule has 0 fully saturated rings. The molecule has 0 amide bonds. The Labute approximate surface area is 105 Å². The van der Waals surface area contributed by atoms with Crippen molar-refractivity contribution >= 4 is 22.6 Å². The molecule has 1 aromatic heterocycles. The van der Waals surface area contributed by atoms with Crippen LogP contribution in [0.5, 0.6) is 0 Å². The topological polar surface area (TPSA) is 42.6 Å². The number of rotatable bonds is 4. The summed E-state index contributed by atoms with van der Waals surface area (Å²) in [5.74, 6) is 0.547. The van der Waals surface area contributed by atoms with Crippen molar-refractivity contribution in [3.8, 4) is 0 Å². The molecule has 3 nitrogen and oxygen atoms in total. The molecule has 0 radical (unpaired) electrons. The van der Waals surface area contributed by atoms with E-state index in [2.05, 4.69) is 0 Å². The fourth-order valence-corrected chi connectivity index (χ4v) is 1.91. The van der Waals surface area contributed by atoms with E-state index in [9.17, 15) is 5.11 Å². The van der Waals surface area contributed by atoms with Crippen LogP contribution in [0.25, 0.3) is 11.0 Å². The Kier molecular flexibility index (Phi) is 3.72. The van der Waals surface area contributed by atoms with Crippen LogP contribution in [0.1, 0.15) is 25.2 Å². The third kappa shape index (κ3) is 2.80. The van der Waals surface area contributed by atoms with Crippen LogP contribution in [0.3, 0.4) is 0 Å². The Morgan fingerprint density at radius 3 is 2.88 bits per heavy atom. The van der Waals surface area contributed by atoms with Crippen molar-refractivity contribution in [2.24, 2.45) is 0 Å². The van der Waals surface area contributed by atoms with Crippen LogP contribution in [0, 0.1) is 0 Å². The fraction of sp³-hybridized carbons (Fsp3) is 0.385. The molecular formula is C13H15ClO3. The zero-order valence-corrected chi connectivity index (χ0v) is 10.6. The highest BCUT2D eigenvalue weighted by Gasteiger charge is 2.16. The SMILES string of the molecule is COC(C)CC(O)c1cc2cc(Cl)ccc2o1. The lowest BCUT2D eigenvalue weighted by Gasteiger charge is -2.12. The van der Waals surface area contributed by atoms with Gasteiger partial charge in [-0.25, -0.2) is 0 Å². The minimum Gasteiger partial charge on any atom is -0.458 e. The second-order valence-corrected chi connectivity index (χ2v) is 4.57. The van der Waals surface area contributed by atoms with E-state index in [4.69, 9.17) is 20.8 Å². The summed E-state index contributed by atoms with van der Waals surface area (Å²) in [6, 6.07) is 7.19. The number of aliphatic hydroxyl groups is 1. The minimum absolute atomic E-state index is 0.0122. The van der Waals surface area contributed by atoms with Gasteiger partial charge in [0, 0.05) is 23.9 Å². The molecule has 0 aliphatic heterocycles. The van der Waals surface area contributed by atoms with Gasteiger partial charge in [-0.05, 0) is 31.2 Å². The van der Waals surface area contributed by atoms with Gasteiger partial charge in [-0.15, -0.1) is 0 Å². The maximum absolute atomic E-state index is 9.99. The quantitative estimate of drug-likeness (QED) is 0.907. The Bertz CT molecular complexity index is 506. The molecule has 17 heavy (non-hydrogen) atoms. The Morgan fingerprint density at radius 1 is 1.41 bits per heavy atom.